The van der Waals surface area contributed by atoms with Crippen LogP contribution in [0.1, 0.15) is 15.9 Å². The van der Waals surface area contributed by atoms with Gasteiger partial charge in [-0.25, -0.2) is 8.78 Å². The fourth-order valence-corrected chi connectivity index (χ4v) is 2.59. The second-order valence-corrected chi connectivity index (χ2v) is 7.02. The minimum absolute atomic E-state index is 0.215. The molecular formula is C23H26F2N4O2. The molecule has 0 aliphatic heterocycles. The molecule has 6 N–H and O–H groups in total. The lowest BCUT2D eigenvalue weighted by atomic mass is 10.1. The number of rotatable bonds is 5. The molecule has 0 bridgehead atoms. The van der Waals surface area contributed by atoms with Crippen molar-refractivity contribution in [2.75, 3.05) is 37.0 Å². The molecule has 0 radical (unpaired) electrons. The summed E-state index contributed by atoms with van der Waals surface area (Å²) in [5.74, 6) is -3.33. The molecule has 0 atom stereocenters. The van der Waals surface area contributed by atoms with Crippen LogP contribution in [-0.2, 0) is 6.42 Å². The van der Waals surface area contributed by atoms with Gasteiger partial charge in [-0.3, -0.25) is 4.79 Å². The average Bonchev–Trinajstić information content (AvgIpc) is 2.73. The molecule has 164 valence electrons. The Kier molecular flexibility index (Phi) is 8.19. The molecule has 0 saturated heterocycles. The maximum Gasteiger partial charge on any atom is 0.251 e. The van der Waals surface area contributed by atoms with Crippen molar-refractivity contribution in [2.24, 2.45) is 0 Å². The maximum absolute atomic E-state index is 13.1. The molecule has 0 fully saturated rings. The Bertz CT molecular complexity index is 984. The van der Waals surface area contributed by atoms with E-state index in [1.54, 1.807) is 24.3 Å². The van der Waals surface area contributed by atoms with Crippen LogP contribution in [0.25, 0.3) is 0 Å². The van der Waals surface area contributed by atoms with Gasteiger partial charge in [0, 0.05) is 43.3 Å². The summed E-state index contributed by atoms with van der Waals surface area (Å²) in [5, 5.41) is 11.6. The fourth-order valence-electron chi connectivity index (χ4n) is 2.59. The van der Waals surface area contributed by atoms with Gasteiger partial charge in [-0.05, 0) is 72.6 Å². The van der Waals surface area contributed by atoms with Gasteiger partial charge in [-0.2, -0.15) is 0 Å². The number of aromatic hydroxyl groups is 1. The van der Waals surface area contributed by atoms with Gasteiger partial charge in [0.05, 0.1) is 0 Å². The molecule has 8 heteroatoms. The lowest BCUT2D eigenvalue weighted by Gasteiger charge is -2.11. The Hall–Kier alpha value is -3.81. The molecule has 3 aromatic rings. The molecule has 0 aliphatic carbocycles. The van der Waals surface area contributed by atoms with Gasteiger partial charge in [-0.1, -0.05) is 0 Å². The molecule has 6 nitrogen and oxygen atoms in total. The first kappa shape index (κ1) is 23.5. The van der Waals surface area contributed by atoms with Crippen LogP contribution in [0.4, 0.5) is 25.8 Å². The number of halogens is 2. The highest BCUT2D eigenvalue weighted by atomic mass is 19.1. The maximum atomic E-state index is 13.1. The van der Waals surface area contributed by atoms with Crippen LogP contribution in [0.3, 0.4) is 0 Å². The summed E-state index contributed by atoms with van der Waals surface area (Å²) in [6, 6.07) is 16.3. The molecule has 0 aromatic heterocycles. The predicted octanol–water partition coefficient (Wildman–Crippen LogP) is 3.56. The number of phenols is 1. The molecule has 0 spiro atoms. The van der Waals surface area contributed by atoms with Crippen molar-refractivity contribution in [1.82, 2.24) is 5.32 Å². The summed E-state index contributed by atoms with van der Waals surface area (Å²) in [7, 11) is 4.01. The summed E-state index contributed by atoms with van der Waals surface area (Å²) < 4.78 is 26.3. The SMILES string of the molecule is CN(C)c1ccc(N)cc1.Nc1ccc(C(=O)NCCc2cc(F)c(O)c(F)c2)cc1. The van der Waals surface area contributed by atoms with E-state index in [1.165, 1.54) is 5.69 Å². The van der Waals surface area contributed by atoms with Crippen molar-refractivity contribution >= 4 is 23.0 Å². The highest BCUT2D eigenvalue weighted by molar-refractivity contribution is 5.94. The minimum Gasteiger partial charge on any atom is -0.503 e. The number of carbonyl (C=O) groups excluding carboxylic acids is 1. The summed E-state index contributed by atoms with van der Waals surface area (Å²) in [4.78, 5) is 13.8. The Morgan fingerprint density at radius 1 is 0.935 bits per heavy atom. The van der Waals surface area contributed by atoms with E-state index in [4.69, 9.17) is 16.6 Å². The number of phenolic OH excluding ortho intramolecular Hbond substituents is 1. The number of carbonyl (C=O) groups is 1. The van der Waals surface area contributed by atoms with Crippen molar-refractivity contribution in [3.63, 3.8) is 0 Å². The van der Waals surface area contributed by atoms with Crippen molar-refractivity contribution in [2.45, 2.75) is 6.42 Å². The van der Waals surface area contributed by atoms with Crippen LogP contribution in [0.5, 0.6) is 5.75 Å². The Labute approximate surface area is 180 Å². The molecule has 31 heavy (non-hydrogen) atoms. The van der Waals surface area contributed by atoms with Gasteiger partial charge < -0.3 is 26.8 Å². The highest BCUT2D eigenvalue weighted by Crippen LogP contribution is 2.21. The van der Waals surface area contributed by atoms with Crippen LogP contribution >= 0.6 is 0 Å². The molecule has 0 aliphatic rings. The first-order valence-electron chi connectivity index (χ1n) is 9.51. The van der Waals surface area contributed by atoms with Gasteiger partial charge in [0.2, 0.25) is 0 Å². The lowest BCUT2D eigenvalue weighted by molar-refractivity contribution is 0.0954. The number of nitrogen functional groups attached to an aromatic ring is 2. The zero-order chi connectivity index (χ0) is 23.0. The van der Waals surface area contributed by atoms with E-state index in [-0.39, 0.29) is 18.9 Å². The van der Waals surface area contributed by atoms with Crippen molar-refractivity contribution < 1.29 is 18.7 Å². The normalized spacial score (nSPS) is 10.1. The molecule has 3 rings (SSSR count). The molecule has 3 aromatic carbocycles. The van der Waals surface area contributed by atoms with Crippen molar-refractivity contribution in [3.05, 3.63) is 83.4 Å². The third-order valence-corrected chi connectivity index (χ3v) is 4.36. The third-order valence-electron chi connectivity index (χ3n) is 4.36. The Morgan fingerprint density at radius 2 is 1.42 bits per heavy atom. The molecular weight excluding hydrogens is 402 g/mol. The quantitative estimate of drug-likeness (QED) is 0.465. The molecule has 0 heterocycles. The number of nitrogens with zero attached hydrogens (tertiary/aromatic N) is 1. The zero-order valence-corrected chi connectivity index (χ0v) is 17.4. The van der Waals surface area contributed by atoms with E-state index in [2.05, 4.69) is 5.32 Å². The van der Waals surface area contributed by atoms with Gasteiger partial charge in [0.25, 0.3) is 5.91 Å². The topological polar surface area (TPSA) is 105 Å². The lowest BCUT2D eigenvalue weighted by Crippen LogP contribution is -2.25. The predicted molar refractivity (Wildman–Crippen MR) is 120 cm³/mol. The number of anilines is 3. The van der Waals surface area contributed by atoms with E-state index in [0.717, 1.165) is 17.8 Å². The standard InChI is InChI=1S/C15H14F2N2O2.C8H12N2/c16-12-7-9(8-13(17)14(12)20)5-6-19-15(21)10-1-3-11(18)4-2-10;1-10(2)8-5-3-7(9)4-6-8/h1-4,7-8,20H,5-6,18H2,(H,19,21);3-6H,9H2,1-2H3. The number of hydrogen-bond donors (Lipinski definition) is 4. The summed E-state index contributed by atoms with van der Waals surface area (Å²) in [5.41, 5.74) is 14.4. The van der Waals surface area contributed by atoms with Crippen LogP contribution < -0.4 is 21.7 Å². The molecule has 1 amide bonds. The minimum atomic E-state index is -1.02. The van der Waals surface area contributed by atoms with Gasteiger partial charge in [0.1, 0.15) is 0 Å². The van der Waals surface area contributed by atoms with E-state index < -0.39 is 17.4 Å². The van der Waals surface area contributed by atoms with Crippen molar-refractivity contribution in [3.8, 4) is 5.75 Å². The van der Waals surface area contributed by atoms with Gasteiger partial charge >= 0.3 is 0 Å². The number of nitrogens with two attached hydrogens (primary N) is 2. The molecule has 0 unspecified atom stereocenters. The summed E-state index contributed by atoms with van der Waals surface area (Å²) >= 11 is 0. The fraction of sp³-hybridized carbons (Fsp3) is 0.174. The first-order valence-corrected chi connectivity index (χ1v) is 9.51. The smallest absolute Gasteiger partial charge is 0.251 e. The van der Waals surface area contributed by atoms with Crippen molar-refractivity contribution in [1.29, 1.82) is 0 Å². The van der Waals surface area contributed by atoms with Gasteiger partial charge in [0.15, 0.2) is 17.4 Å². The van der Waals surface area contributed by atoms with Gasteiger partial charge in [-0.15, -0.1) is 0 Å². The second-order valence-electron chi connectivity index (χ2n) is 7.02. The van der Waals surface area contributed by atoms with E-state index in [0.29, 0.717) is 16.8 Å². The zero-order valence-electron chi connectivity index (χ0n) is 17.4. The number of amides is 1. The average molecular weight is 428 g/mol. The van der Waals surface area contributed by atoms with Crippen LogP contribution in [-0.4, -0.2) is 31.7 Å². The highest BCUT2D eigenvalue weighted by Gasteiger charge is 2.10. The third kappa shape index (κ3) is 7.18. The first-order chi connectivity index (χ1) is 14.7. The Morgan fingerprint density at radius 3 is 1.90 bits per heavy atom. The summed E-state index contributed by atoms with van der Waals surface area (Å²) in [6.45, 7) is 0.215. The van der Waals surface area contributed by atoms with Crippen LogP contribution in [0, 0.1) is 11.6 Å². The van der Waals surface area contributed by atoms with Crippen LogP contribution in [0.15, 0.2) is 60.7 Å². The summed E-state index contributed by atoms with van der Waals surface area (Å²) in [6.07, 6.45) is 0.245. The van der Waals surface area contributed by atoms with E-state index in [9.17, 15) is 13.6 Å². The van der Waals surface area contributed by atoms with Crippen LogP contribution in [0.2, 0.25) is 0 Å². The Balaban J connectivity index is 0.000000285. The van der Waals surface area contributed by atoms with E-state index in [1.807, 2.05) is 43.3 Å². The number of hydrogen-bond acceptors (Lipinski definition) is 5. The number of nitrogens with one attached hydrogen (secondary N) is 1. The van der Waals surface area contributed by atoms with E-state index >= 15 is 0 Å². The molecule has 0 saturated carbocycles. The monoisotopic (exact) mass is 428 g/mol. The number of benzene rings is 3. The largest absolute Gasteiger partial charge is 0.503 e. The second kappa shape index (κ2) is 10.8.